The monoisotopic (exact) mass is 447 g/mol. The van der Waals surface area contributed by atoms with Crippen LogP contribution in [0, 0.1) is 11.3 Å². The zero-order valence-corrected chi connectivity index (χ0v) is 17.3. The van der Waals surface area contributed by atoms with E-state index in [-0.39, 0.29) is 17.0 Å². The second-order valence-corrected chi connectivity index (χ2v) is 6.33. The smallest absolute Gasteiger partial charge is 0.227 e. The van der Waals surface area contributed by atoms with Crippen molar-refractivity contribution in [3.63, 3.8) is 0 Å². The normalized spacial score (nSPS) is 10.1. The number of hydrogen-bond donors (Lipinski definition) is 0. The second-order valence-electron chi connectivity index (χ2n) is 6.33. The molecule has 0 saturated carbocycles. The van der Waals surface area contributed by atoms with E-state index in [0.29, 0.717) is 17.2 Å². The molecule has 5 nitrogen and oxygen atoms in total. The molecule has 4 aromatic rings. The standard InChI is InChI=1S/C23H18N3O2.BrH/c1-27-21-8-6-19(7-9-21)22-15-25-23(28-22)20-10-12-26(13-11-20)16-18-4-2-17(14-24)3-5-18;/h2-13,15H,16H2,1H3;1H/q+1;/p-1. The summed E-state index contributed by atoms with van der Waals surface area (Å²) in [5.74, 6) is 2.10. The SMILES string of the molecule is COc1ccc(-c2cnc(-c3cc[n+](Cc4ccc(C#N)cc4)cc3)o2)cc1.[Br-]. The van der Waals surface area contributed by atoms with Crippen molar-refractivity contribution in [2.75, 3.05) is 7.11 Å². The number of oxazole rings is 1. The van der Waals surface area contributed by atoms with Crippen LogP contribution >= 0.6 is 0 Å². The number of ether oxygens (including phenoxy) is 1. The van der Waals surface area contributed by atoms with Gasteiger partial charge in [0.05, 0.1) is 24.9 Å². The summed E-state index contributed by atoms with van der Waals surface area (Å²) < 4.78 is 13.2. The van der Waals surface area contributed by atoms with Crippen LogP contribution in [0.1, 0.15) is 11.1 Å². The number of benzene rings is 2. The minimum Gasteiger partial charge on any atom is -1.00 e. The first-order valence-corrected chi connectivity index (χ1v) is 8.84. The van der Waals surface area contributed by atoms with Crippen LogP contribution in [-0.4, -0.2) is 12.1 Å². The molecule has 0 amide bonds. The summed E-state index contributed by atoms with van der Waals surface area (Å²) in [5.41, 5.74) is 3.66. The number of methoxy groups -OCH3 is 1. The summed E-state index contributed by atoms with van der Waals surface area (Å²) in [6.07, 6.45) is 5.71. The van der Waals surface area contributed by atoms with Crippen LogP contribution in [0.4, 0.5) is 0 Å². The van der Waals surface area contributed by atoms with E-state index < -0.39 is 0 Å². The van der Waals surface area contributed by atoms with E-state index in [0.717, 1.165) is 29.0 Å². The highest BCUT2D eigenvalue weighted by Gasteiger charge is 2.11. The molecule has 0 spiro atoms. The number of aromatic nitrogens is 2. The maximum absolute atomic E-state index is 8.88. The van der Waals surface area contributed by atoms with E-state index in [1.807, 2.05) is 73.1 Å². The van der Waals surface area contributed by atoms with E-state index in [4.69, 9.17) is 14.4 Å². The lowest BCUT2D eigenvalue weighted by atomic mass is 10.1. The first-order chi connectivity index (χ1) is 13.7. The molecular formula is C23H18BrN3O2. The summed E-state index contributed by atoms with van der Waals surface area (Å²) in [7, 11) is 1.64. The topological polar surface area (TPSA) is 62.9 Å². The minimum absolute atomic E-state index is 0. The summed E-state index contributed by atoms with van der Waals surface area (Å²) >= 11 is 0. The van der Waals surface area contributed by atoms with Crippen molar-refractivity contribution in [1.82, 2.24) is 4.98 Å². The average molecular weight is 448 g/mol. The highest BCUT2D eigenvalue weighted by atomic mass is 79.9. The van der Waals surface area contributed by atoms with Crippen molar-refractivity contribution in [2.24, 2.45) is 0 Å². The van der Waals surface area contributed by atoms with Gasteiger partial charge in [-0.1, -0.05) is 12.1 Å². The van der Waals surface area contributed by atoms with Crippen LogP contribution in [0.25, 0.3) is 22.8 Å². The third-order valence-electron chi connectivity index (χ3n) is 4.47. The summed E-state index contributed by atoms with van der Waals surface area (Å²) in [6, 6.07) is 21.4. The van der Waals surface area contributed by atoms with Gasteiger partial charge in [0.1, 0.15) is 5.75 Å². The Balaban J connectivity index is 0.00000240. The molecule has 0 fully saturated rings. The summed E-state index contributed by atoms with van der Waals surface area (Å²) in [4.78, 5) is 4.40. The number of nitriles is 1. The molecule has 0 saturated heterocycles. The molecular weight excluding hydrogens is 430 g/mol. The molecule has 0 bridgehead atoms. The van der Waals surface area contributed by atoms with E-state index in [9.17, 15) is 0 Å². The van der Waals surface area contributed by atoms with E-state index in [2.05, 4.69) is 15.6 Å². The van der Waals surface area contributed by atoms with Gasteiger partial charge in [-0.3, -0.25) is 0 Å². The Hall–Kier alpha value is -3.43. The fourth-order valence-corrected chi connectivity index (χ4v) is 2.90. The lowest BCUT2D eigenvalue weighted by Gasteiger charge is -2.01. The van der Waals surface area contributed by atoms with Gasteiger partial charge in [0.25, 0.3) is 0 Å². The lowest BCUT2D eigenvalue weighted by Crippen LogP contribution is -3.00. The van der Waals surface area contributed by atoms with E-state index in [1.54, 1.807) is 13.3 Å². The second kappa shape index (κ2) is 9.18. The zero-order chi connectivity index (χ0) is 19.3. The molecule has 2 heterocycles. The Morgan fingerprint density at radius 3 is 2.28 bits per heavy atom. The predicted molar refractivity (Wildman–Crippen MR) is 104 cm³/mol. The van der Waals surface area contributed by atoms with Gasteiger partial charge in [0.2, 0.25) is 5.89 Å². The summed E-state index contributed by atoms with van der Waals surface area (Å²) in [5, 5.41) is 8.88. The predicted octanol–water partition coefficient (Wildman–Crippen LogP) is 1.23. The van der Waals surface area contributed by atoms with Gasteiger partial charge < -0.3 is 26.1 Å². The quantitative estimate of drug-likeness (QED) is 0.431. The van der Waals surface area contributed by atoms with Crippen LogP contribution in [0.5, 0.6) is 5.75 Å². The molecule has 29 heavy (non-hydrogen) atoms. The Bertz CT molecular complexity index is 1110. The molecule has 0 aliphatic heterocycles. The van der Waals surface area contributed by atoms with Gasteiger partial charge in [0, 0.05) is 28.8 Å². The first kappa shape index (κ1) is 20.3. The Kier molecular flexibility index (Phi) is 6.43. The highest BCUT2D eigenvalue weighted by molar-refractivity contribution is 5.61. The molecule has 2 aromatic carbocycles. The number of halogens is 1. The van der Waals surface area contributed by atoms with Gasteiger partial charge in [-0.25, -0.2) is 9.55 Å². The molecule has 0 N–H and O–H groups in total. The van der Waals surface area contributed by atoms with Gasteiger partial charge in [-0.15, -0.1) is 0 Å². The molecule has 144 valence electrons. The summed E-state index contributed by atoms with van der Waals surface area (Å²) in [6.45, 7) is 0.731. The molecule has 6 heteroatoms. The number of rotatable bonds is 5. The van der Waals surface area contributed by atoms with Crippen LogP contribution in [-0.2, 0) is 6.54 Å². The Morgan fingerprint density at radius 1 is 0.966 bits per heavy atom. The van der Waals surface area contributed by atoms with E-state index >= 15 is 0 Å². The Labute approximate surface area is 179 Å². The molecule has 0 radical (unpaired) electrons. The molecule has 0 aliphatic carbocycles. The van der Waals surface area contributed by atoms with Crippen molar-refractivity contribution >= 4 is 0 Å². The number of hydrogen-bond acceptors (Lipinski definition) is 4. The van der Waals surface area contributed by atoms with Crippen LogP contribution in [0.2, 0.25) is 0 Å². The fourth-order valence-electron chi connectivity index (χ4n) is 2.90. The maximum atomic E-state index is 8.88. The van der Waals surface area contributed by atoms with Crippen molar-refractivity contribution < 1.29 is 30.7 Å². The Morgan fingerprint density at radius 2 is 1.66 bits per heavy atom. The highest BCUT2D eigenvalue weighted by Crippen LogP contribution is 2.26. The largest absolute Gasteiger partial charge is 1.00 e. The van der Waals surface area contributed by atoms with Gasteiger partial charge in [-0.05, 0) is 36.4 Å². The van der Waals surface area contributed by atoms with Crippen molar-refractivity contribution in [2.45, 2.75) is 6.54 Å². The van der Waals surface area contributed by atoms with Crippen molar-refractivity contribution in [3.05, 3.63) is 90.4 Å². The van der Waals surface area contributed by atoms with Crippen molar-refractivity contribution in [3.8, 4) is 34.6 Å². The van der Waals surface area contributed by atoms with Gasteiger partial charge >= 0.3 is 0 Å². The van der Waals surface area contributed by atoms with E-state index in [1.165, 1.54) is 0 Å². The fraction of sp³-hybridized carbons (Fsp3) is 0.0870. The lowest BCUT2D eigenvalue weighted by molar-refractivity contribution is -0.688. The van der Waals surface area contributed by atoms with Crippen LogP contribution in [0.3, 0.4) is 0 Å². The molecule has 0 unspecified atom stereocenters. The number of nitrogens with zero attached hydrogens (tertiary/aromatic N) is 3. The van der Waals surface area contributed by atoms with Crippen molar-refractivity contribution in [1.29, 1.82) is 5.26 Å². The van der Waals surface area contributed by atoms with Crippen LogP contribution < -0.4 is 26.3 Å². The van der Waals surface area contributed by atoms with Gasteiger partial charge in [-0.2, -0.15) is 5.26 Å². The molecule has 0 atom stereocenters. The minimum atomic E-state index is 0. The third-order valence-corrected chi connectivity index (χ3v) is 4.47. The van der Waals surface area contributed by atoms with Gasteiger partial charge in [0.15, 0.2) is 24.7 Å². The molecule has 4 rings (SSSR count). The zero-order valence-electron chi connectivity index (χ0n) is 15.7. The number of pyridine rings is 1. The average Bonchev–Trinajstić information content (AvgIpc) is 3.25. The maximum Gasteiger partial charge on any atom is 0.227 e. The van der Waals surface area contributed by atoms with Crippen LogP contribution in [0.15, 0.2) is 83.7 Å². The molecule has 2 aromatic heterocycles. The molecule has 0 aliphatic rings. The first-order valence-electron chi connectivity index (χ1n) is 8.84. The third kappa shape index (κ3) is 4.71.